The predicted octanol–water partition coefficient (Wildman–Crippen LogP) is 1.56. The fourth-order valence-corrected chi connectivity index (χ4v) is 1.65. The molecule has 0 saturated carbocycles. The van der Waals surface area contributed by atoms with E-state index in [2.05, 4.69) is 37.0 Å². The first-order chi connectivity index (χ1) is 9.06. The molecule has 0 atom stereocenters. The molecule has 0 radical (unpaired) electrons. The van der Waals surface area contributed by atoms with Crippen LogP contribution in [0.3, 0.4) is 0 Å². The number of hydrogen-bond donors (Lipinski definition) is 3. The Morgan fingerprint density at radius 1 is 1.16 bits per heavy atom. The molecule has 2 rings (SSSR count). The van der Waals surface area contributed by atoms with Gasteiger partial charge in [-0.3, -0.25) is 25.5 Å². The number of carbonyl (C=O) groups excluding carboxylic acids is 2. The van der Waals surface area contributed by atoms with Crippen LogP contribution in [0.15, 0.2) is 34.8 Å². The summed E-state index contributed by atoms with van der Waals surface area (Å²) in [5.41, 5.74) is 6.04. The standard InChI is InChI=1S/C12H11BrN4O2/c1-7-6-10(15-14-7)12(19)17-16-11(18)8-2-4-9(13)5-3-8/h2-6H,1H3,(H,14,15)(H,16,18)(H,17,19). The van der Waals surface area contributed by atoms with Crippen molar-refractivity contribution in [1.29, 1.82) is 0 Å². The molecule has 19 heavy (non-hydrogen) atoms. The van der Waals surface area contributed by atoms with E-state index in [1.54, 1.807) is 37.3 Å². The van der Waals surface area contributed by atoms with Crippen molar-refractivity contribution in [1.82, 2.24) is 21.0 Å². The van der Waals surface area contributed by atoms with Crippen LogP contribution in [0.1, 0.15) is 26.5 Å². The molecule has 3 N–H and O–H groups in total. The number of amides is 2. The Morgan fingerprint density at radius 3 is 2.37 bits per heavy atom. The Hall–Kier alpha value is -2.15. The van der Waals surface area contributed by atoms with Crippen molar-refractivity contribution in [2.45, 2.75) is 6.92 Å². The first-order valence-corrected chi connectivity index (χ1v) is 6.24. The highest BCUT2D eigenvalue weighted by Crippen LogP contribution is 2.10. The maximum absolute atomic E-state index is 11.7. The van der Waals surface area contributed by atoms with Crippen molar-refractivity contribution < 1.29 is 9.59 Å². The Labute approximate surface area is 117 Å². The van der Waals surface area contributed by atoms with Crippen LogP contribution in [0.25, 0.3) is 0 Å². The van der Waals surface area contributed by atoms with Crippen molar-refractivity contribution in [3.05, 3.63) is 51.8 Å². The van der Waals surface area contributed by atoms with Gasteiger partial charge in [-0.25, -0.2) is 0 Å². The number of hydrazine groups is 1. The zero-order chi connectivity index (χ0) is 13.8. The zero-order valence-corrected chi connectivity index (χ0v) is 11.6. The molecule has 0 bridgehead atoms. The molecule has 7 heteroatoms. The summed E-state index contributed by atoms with van der Waals surface area (Å²) < 4.78 is 0.875. The minimum Gasteiger partial charge on any atom is -0.282 e. The van der Waals surface area contributed by atoms with E-state index in [0.717, 1.165) is 10.2 Å². The summed E-state index contributed by atoms with van der Waals surface area (Å²) in [6.07, 6.45) is 0. The highest BCUT2D eigenvalue weighted by atomic mass is 79.9. The van der Waals surface area contributed by atoms with Gasteiger partial charge in [0.25, 0.3) is 11.8 Å². The van der Waals surface area contributed by atoms with E-state index < -0.39 is 11.8 Å². The molecular weight excluding hydrogens is 312 g/mol. The van der Waals surface area contributed by atoms with Gasteiger partial charge in [0.05, 0.1) is 0 Å². The van der Waals surface area contributed by atoms with Gasteiger partial charge >= 0.3 is 0 Å². The lowest BCUT2D eigenvalue weighted by molar-refractivity contribution is 0.0844. The normalized spacial score (nSPS) is 10.0. The number of rotatable bonds is 2. The molecular formula is C12H11BrN4O2. The molecule has 0 spiro atoms. The number of aryl methyl sites for hydroxylation is 1. The van der Waals surface area contributed by atoms with Crippen LogP contribution in [0.4, 0.5) is 0 Å². The van der Waals surface area contributed by atoms with Gasteiger partial charge in [-0.05, 0) is 37.3 Å². The van der Waals surface area contributed by atoms with Crippen molar-refractivity contribution in [2.75, 3.05) is 0 Å². The van der Waals surface area contributed by atoms with Crippen LogP contribution >= 0.6 is 15.9 Å². The second kappa shape index (κ2) is 5.66. The molecule has 0 aliphatic carbocycles. The molecule has 0 fully saturated rings. The molecule has 0 aliphatic heterocycles. The number of hydrogen-bond acceptors (Lipinski definition) is 3. The van der Waals surface area contributed by atoms with Gasteiger partial charge in [0.15, 0.2) is 5.69 Å². The van der Waals surface area contributed by atoms with Gasteiger partial charge in [0.2, 0.25) is 0 Å². The van der Waals surface area contributed by atoms with Crippen LogP contribution in [0.5, 0.6) is 0 Å². The smallest absolute Gasteiger partial charge is 0.282 e. The molecule has 2 aromatic rings. The summed E-state index contributed by atoms with van der Waals surface area (Å²) in [6, 6.07) is 8.36. The zero-order valence-electron chi connectivity index (χ0n) is 10.0. The summed E-state index contributed by atoms with van der Waals surface area (Å²) in [6.45, 7) is 1.78. The minimum atomic E-state index is -0.477. The van der Waals surface area contributed by atoms with Crippen LogP contribution in [-0.2, 0) is 0 Å². The highest BCUT2D eigenvalue weighted by Gasteiger charge is 2.11. The third kappa shape index (κ3) is 3.41. The van der Waals surface area contributed by atoms with Gasteiger partial charge in [0.1, 0.15) is 0 Å². The Bertz CT molecular complexity index is 606. The quantitative estimate of drug-likeness (QED) is 0.733. The predicted molar refractivity (Wildman–Crippen MR) is 72.4 cm³/mol. The van der Waals surface area contributed by atoms with Crippen LogP contribution in [0, 0.1) is 6.92 Å². The average Bonchev–Trinajstić information content (AvgIpc) is 2.83. The molecule has 1 heterocycles. The molecule has 1 aromatic heterocycles. The second-order valence-corrected chi connectivity index (χ2v) is 4.77. The first-order valence-electron chi connectivity index (χ1n) is 5.44. The van der Waals surface area contributed by atoms with E-state index in [1.807, 2.05) is 0 Å². The lowest BCUT2D eigenvalue weighted by atomic mass is 10.2. The Balaban J connectivity index is 1.93. The number of nitrogens with one attached hydrogen (secondary N) is 3. The van der Waals surface area contributed by atoms with Crippen LogP contribution in [-0.4, -0.2) is 22.0 Å². The number of carbonyl (C=O) groups is 2. The molecule has 0 aliphatic rings. The first kappa shape index (κ1) is 13.3. The van der Waals surface area contributed by atoms with Crippen LogP contribution < -0.4 is 10.9 Å². The second-order valence-electron chi connectivity index (χ2n) is 3.85. The van der Waals surface area contributed by atoms with E-state index in [9.17, 15) is 9.59 Å². The molecule has 0 unspecified atom stereocenters. The van der Waals surface area contributed by atoms with Gasteiger partial charge in [0, 0.05) is 15.7 Å². The lowest BCUT2D eigenvalue weighted by Gasteiger charge is -2.05. The summed E-state index contributed by atoms with van der Waals surface area (Å²) in [4.78, 5) is 23.4. The fourth-order valence-electron chi connectivity index (χ4n) is 1.39. The number of halogens is 1. The third-order valence-electron chi connectivity index (χ3n) is 2.33. The van der Waals surface area contributed by atoms with Crippen molar-refractivity contribution in [3.8, 4) is 0 Å². The van der Waals surface area contributed by atoms with E-state index >= 15 is 0 Å². The lowest BCUT2D eigenvalue weighted by Crippen LogP contribution is -2.41. The molecule has 0 saturated heterocycles. The van der Waals surface area contributed by atoms with E-state index in [1.165, 1.54) is 0 Å². The third-order valence-corrected chi connectivity index (χ3v) is 2.86. The molecule has 2 amide bonds. The van der Waals surface area contributed by atoms with Gasteiger partial charge in [-0.15, -0.1) is 0 Å². The monoisotopic (exact) mass is 322 g/mol. The number of aromatic amines is 1. The Kier molecular flexibility index (Phi) is 3.96. The van der Waals surface area contributed by atoms with Gasteiger partial charge in [-0.2, -0.15) is 5.10 Å². The van der Waals surface area contributed by atoms with Crippen molar-refractivity contribution >= 4 is 27.7 Å². The summed E-state index contributed by atoms with van der Waals surface area (Å²) in [5.74, 6) is -0.872. The number of aromatic nitrogens is 2. The van der Waals surface area contributed by atoms with Crippen molar-refractivity contribution in [2.24, 2.45) is 0 Å². The number of nitrogens with zero attached hydrogens (tertiary/aromatic N) is 1. The SMILES string of the molecule is Cc1cc(C(=O)NNC(=O)c2ccc(Br)cc2)n[nH]1. The topological polar surface area (TPSA) is 86.9 Å². The number of benzene rings is 1. The molecule has 98 valence electrons. The summed E-state index contributed by atoms with van der Waals surface area (Å²) >= 11 is 3.28. The van der Waals surface area contributed by atoms with Crippen LogP contribution in [0.2, 0.25) is 0 Å². The van der Waals surface area contributed by atoms with E-state index in [4.69, 9.17) is 0 Å². The average molecular weight is 323 g/mol. The minimum absolute atomic E-state index is 0.216. The fraction of sp³-hybridized carbons (Fsp3) is 0.0833. The van der Waals surface area contributed by atoms with E-state index in [-0.39, 0.29) is 5.69 Å². The maximum atomic E-state index is 11.7. The van der Waals surface area contributed by atoms with Gasteiger partial charge < -0.3 is 0 Å². The summed E-state index contributed by atoms with van der Waals surface area (Å²) in [5, 5.41) is 6.43. The van der Waals surface area contributed by atoms with E-state index in [0.29, 0.717) is 5.56 Å². The largest absolute Gasteiger partial charge is 0.290 e. The Morgan fingerprint density at radius 2 is 1.79 bits per heavy atom. The number of H-pyrrole nitrogens is 1. The highest BCUT2D eigenvalue weighted by molar-refractivity contribution is 9.10. The maximum Gasteiger partial charge on any atom is 0.290 e. The molecule has 1 aromatic carbocycles. The van der Waals surface area contributed by atoms with Gasteiger partial charge in [-0.1, -0.05) is 15.9 Å². The molecule has 6 nitrogen and oxygen atoms in total. The van der Waals surface area contributed by atoms with Crippen molar-refractivity contribution in [3.63, 3.8) is 0 Å². The summed E-state index contributed by atoms with van der Waals surface area (Å²) in [7, 11) is 0.